The van der Waals surface area contributed by atoms with Crippen LogP contribution in [0.25, 0.3) is 0 Å². The lowest BCUT2D eigenvalue weighted by molar-refractivity contribution is 0.271. The summed E-state index contributed by atoms with van der Waals surface area (Å²) < 4.78 is 60.7. The van der Waals surface area contributed by atoms with E-state index in [4.69, 9.17) is 4.74 Å². The molecule has 0 aromatic heterocycles. The summed E-state index contributed by atoms with van der Waals surface area (Å²) in [6.45, 7) is 1.88. The molecule has 1 aliphatic rings. The van der Waals surface area contributed by atoms with Crippen molar-refractivity contribution in [1.82, 2.24) is 0 Å². The highest BCUT2D eigenvalue weighted by molar-refractivity contribution is 5.33. The van der Waals surface area contributed by atoms with E-state index in [9.17, 15) is 17.6 Å². The first kappa shape index (κ1) is 21.7. The van der Waals surface area contributed by atoms with Crippen molar-refractivity contribution >= 4 is 0 Å². The molecule has 0 aliphatic heterocycles. The first-order valence-corrected chi connectivity index (χ1v) is 10.5. The summed E-state index contributed by atoms with van der Waals surface area (Å²) in [5.41, 5.74) is 0.836. The Kier molecular flexibility index (Phi) is 7.57. The van der Waals surface area contributed by atoms with Crippen molar-refractivity contribution in [3.05, 3.63) is 64.7 Å². The number of halogens is 4. The molecule has 0 amide bonds. The monoisotopic (exact) mass is 408 g/mol. The van der Waals surface area contributed by atoms with Gasteiger partial charge in [0, 0.05) is 6.07 Å². The van der Waals surface area contributed by atoms with Crippen LogP contribution >= 0.6 is 0 Å². The van der Waals surface area contributed by atoms with Gasteiger partial charge in [-0.2, -0.15) is 0 Å². The molecule has 1 aliphatic carbocycles. The second-order valence-corrected chi connectivity index (χ2v) is 8.09. The van der Waals surface area contributed by atoms with Gasteiger partial charge in [0.25, 0.3) is 0 Å². The predicted molar refractivity (Wildman–Crippen MR) is 106 cm³/mol. The van der Waals surface area contributed by atoms with E-state index < -0.39 is 29.0 Å². The molecule has 5 heteroatoms. The van der Waals surface area contributed by atoms with E-state index in [1.807, 2.05) is 0 Å². The van der Waals surface area contributed by atoms with Crippen molar-refractivity contribution in [2.24, 2.45) is 5.92 Å². The molecule has 0 radical (unpaired) electrons. The van der Waals surface area contributed by atoms with Gasteiger partial charge in [0.2, 0.25) is 0 Å². The van der Waals surface area contributed by atoms with Gasteiger partial charge in [-0.15, -0.1) is 0 Å². The third-order valence-corrected chi connectivity index (χ3v) is 5.86. The zero-order valence-corrected chi connectivity index (χ0v) is 16.8. The zero-order chi connectivity index (χ0) is 20.8. The Labute approximate surface area is 170 Å². The van der Waals surface area contributed by atoms with E-state index in [1.165, 1.54) is 37.8 Å². The highest BCUT2D eigenvalue weighted by Crippen LogP contribution is 2.39. The molecule has 3 rings (SSSR count). The summed E-state index contributed by atoms with van der Waals surface area (Å²) in [4.78, 5) is 0. The van der Waals surface area contributed by atoms with Crippen LogP contribution in [0.15, 0.2) is 30.3 Å². The highest BCUT2D eigenvalue weighted by atomic mass is 19.1. The normalized spacial score (nSPS) is 19.3. The minimum Gasteiger partial charge on any atom is -0.483 e. The predicted octanol–water partition coefficient (Wildman–Crippen LogP) is 7.68. The Hall–Kier alpha value is -2.04. The molecule has 0 spiro atoms. The molecule has 0 saturated heterocycles. The Morgan fingerprint density at radius 3 is 2.03 bits per heavy atom. The van der Waals surface area contributed by atoms with Crippen LogP contribution in [0.1, 0.15) is 75.3 Å². The molecular weight excluding hydrogens is 380 g/mol. The molecule has 1 nitrogen and oxygen atoms in total. The molecule has 0 unspecified atom stereocenters. The van der Waals surface area contributed by atoms with Gasteiger partial charge in [0.1, 0.15) is 18.2 Å². The van der Waals surface area contributed by atoms with Crippen LogP contribution in [0.2, 0.25) is 0 Å². The fourth-order valence-electron chi connectivity index (χ4n) is 4.27. The lowest BCUT2D eigenvalue weighted by Crippen LogP contribution is -2.14. The third kappa shape index (κ3) is 5.97. The van der Waals surface area contributed by atoms with E-state index in [-0.39, 0.29) is 18.1 Å². The second-order valence-electron chi connectivity index (χ2n) is 8.09. The van der Waals surface area contributed by atoms with Gasteiger partial charge in [-0.3, -0.25) is 0 Å². The summed E-state index contributed by atoms with van der Waals surface area (Å²) in [7, 11) is 0. The van der Waals surface area contributed by atoms with Crippen molar-refractivity contribution in [2.75, 3.05) is 0 Å². The standard InChI is InChI=1S/C24H28F4O/c1-2-3-4-5-16-6-8-18(9-7-16)19-12-22(27)24(23(28)13-19)29-15-17-10-20(25)14-21(26)11-17/h10-14,16,18H,2-9,15H2,1H3. The fourth-order valence-corrected chi connectivity index (χ4v) is 4.27. The maximum absolute atomic E-state index is 14.5. The SMILES string of the molecule is CCCCCC1CCC(c2cc(F)c(OCc3cc(F)cc(F)c3)c(F)c2)CC1. The smallest absolute Gasteiger partial charge is 0.191 e. The first-order valence-electron chi connectivity index (χ1n) is 10.5. The minimum absolute atomic E-state index is 0.160. The average Bonchev–Trinajstić information content (AvgIpc) is 2.67. The van der Waals surface area contributed by atoms with Crippen molar-refractivity contribution < 1.29 is 22.3 Å². The minimum atomic E-state index is -0.776. The Bertz CT molecular complexity index is 769. The van der Waals surface area contributed by atoms with E-state index in [2.05, 4.69) is 6.92 Å². The molecule has 0 heterocycles. The van der Waals surface area contributed by atoms with Crippen LogP contribution in [0.4, 0.5) is 17.6 Å². The van der Waals surface area contributed by atoms with Crippen LogP contribution in [-0.2, 0) is 6.61 Å². The van der Waals surface area contributed by atoms with Crippen LogP contribution in [-0.4, -0.2) is 0 Å². The van der Waals surface area contributed by atoms with Gasteiger partial charge in [0.15, 0.2) is 17.4 Å². The number of hydrogen-bond donors (Lipinski definition) is 0. The van der Waals surface area contributed by atoms with Crippen molar-refractivity contribution in [3.63, 3.8) is 0 Å². The fraction of sp³-hybridized carbons (Fsp3) is 0.500. The quantitative estimate of drug-likeness (QED) is 0.321. The molecule has 1 saturated carbocycles. The lowest BCUT2D eigenvalue weighted by Gasteiger charge is -2.29. The molecule has 2 aromatic carbocycles. The summed E-state index contributed by atoms with van der Waals surface area (Å²) >= 11 is 0. The van der Waals surface area contributed by atoms with Gasteiger partial charge in [0.05, 0.1) is 0 Å². The second kappa shape index (κ2) is 10.1. The van der Waals surface area contributed by atoms with Crippen molar-refractivity contribution in [2.45, 2.75) is 70.8 Å². The summed E-state index contributed by atoms with van der Waals surface area (Å²) in [5.74, 6) is -2.69. The topological polar surface area (TPSA) is 9.23 Å². The van der Waals surface area contributed by atoms with Crippen LogP contribution < -0.4 is 4.74 Å². The maximum atomic E-state index is 14.5. The number of hydrogen-bond acceptors (Lipinski definition) is 1. The van der Waals surface area contributed by atoms with Gasteiger partial charge in [-0.25, -0.2) is 17.6 Å². The van der Waals surface area contributed by atoms with Crippen LogP contribution in [0.5, 0.6) is 5.75 Å². The van der Waals surface area contributed by atoms with Crippen molar-refractivity contribution in [3.8, 4) is 5.75 Å². The average molecular weight is 408 g/mol. The number of ether oxygens (including phenoxy) is 1. The van der Waals surface area contributed by atoms with E-state index in [0.29, 0.717) is 5.56 Å². The number of benzene rings is 2. The van der Waals surface area contributed by atoms with Crippen LogP contribution in [0, 0.1) is 29.2 Å². The van der Waals surface area contributed by atoms with Crippen molar-refractivity contribution in [1.29, 1.82) is 0 Å². The molecule has 0 atom stereocenters. The molecule has 158 valence electrons. The Morgan fingerprint density at radius 2 is 1.45 bits per heavy atom. The molecule has 29 heavy (non-hydrogen) atoms. The van der Waals surface area contributed by atoms with Gasteiger partial charge < -0.3 is 4.74 Å². The molecule has 0 N–H and O–H groups in total. The Balaban J connectivity index is 1.61. The maximum Gasteiger partial charge on any atom is 0.191 e. The van der Waals surface area contributed by atoms with E-state index >= 15 is 0 Å². The lowest BCUT2D eigenvalue weighted by atomic mass is 9.77. The Morgan fingerprint density at radius 1 is 0.828 bits per heavy atom. The number of rotatable bonds is 8. The first-order chi connectivity index (χ1) is 14.0. The third-order valence-electron chi connectivity index (χ3n) is 5.86. The summed E-state index contributed by atoms with van der Waals surface area (Å²) in [5, 5.41) is 0. The molecule has 2 aromatic rings. The van der Waals surface area contributed by atoms with Crippen LogP contribution in [0.3, 0.4) is 0 Å². The molecular formula is C24H28F4O. The summed E-state index contributed by atoms with van der Waals surface area (Å²) in [6.07, 6.45) is 9.07. The van der Waals surface area contributed by atoms with E-state index in [0.717, 1.165) is 49.8 Å². The summed E-state index contributed by atoms with van der Waals surface area (Å²) in [6, 6.07) is 5.57. The zero-order valence-electron chi connectivity index (χ0n) is 16.8. The van der Waals surface area contributed by atoms with E-state index in [1.54, 1.807) is 0 Å². The van der Waals surface area contributed by atoms with Gasteiger partial charge >= 0.3 is 0 Å². The molecule has 1 fully saturated rings. The number of unbranched alkanes of at least 4 members (excludes halogenated alkanes) is 2. The van der Waals surface area contributed by atoms with Gasteiger partial charge in [-0.05, 0) is 72.9 Å². The molecule has 0 bridgehead atoms. The highest BCUT2D eigenvalue weighted by Gasteiger charge is 2.24. The largest absolute Gasteiger partial charge is 0.483 e. The van der Waals surface area contributed by atoms with Gasteiger partial charge in [-0.1, -0.05) is 32.6 Å².